The smallest absolute Gasteiger partial charge is 0.0651 e. The van der Waals surface area contributed by atoms with E-state index in [-0.39, 0.29) is 5.92 Å². The third-order valence-corrected chi connectivity index (χ3v) is 11.8. The number of benzene rings is 7. The Kier molecular flexibility index (Phi) is 5.28. The van der Waals surface area contributed by atoms with Crippen molar-refractivity contribution in [1.82, 2.24) is 14.0 Å². The van der Waals surface area contributed by atoms with E-state index >= 15 is 0 Å². The summed E-state index contributed by atoms with van der Waals surface area (Å²) in [5.41, 5.74) is 13.6. The number of pyridine rings is 1. The zero-order valence-electron chi connectivity index (χ0n) is 28.0. The molecule has 2 unspecified atom stereocenters. The minimum atomic E-state index is 0.176. The van der Waals surface area contributed by atoms with Crippen molar-refractivity contribution in [3.63, 3.8) is 0 Å². The number of para-hydroxylation sites is 2. The van der Waals surface area contributed by atoms with Crippen molar-refractivity contribution >= 4 is 70.7 Å². The molecule has 1 aliphatic rings. The lowest BCUT2D eigenvalue weighted by Gasteiger charge is -2.33. The van der Waals surface area contributed by atoms with Gasteiger partial charge in [0.2, 0.25) is 0 Å². The lowest BCUT2D eigenvalue weighted by molar-refractivity contribution is 0.632. The van der Waals surface area contributed by atoms with Crippen molar-refractivity contribution < 1.29 is 0 Å². The van der Waals surface area contributed by atoms with Gasteiger partial charge < -0.3 is 8.97 Å². The molecule has 0 N–H and O–H groups in total. The van der Waals surface area contributed by atoms with Gasteiger partial charge in [-0.1, -0.05) is 128 Å². The van der Waals surface area contributed by atoms with Crippen LogP contribution in [0.15, 0.2) is 158 Å². The van der Waals surface area contributed by atoms with Crippen molar-refractivity contribution in [1.29, 1.82) is 0 Å². The highest BCUT2D eigenvalue weighted by Gasteiger charge is 2.34. The maximum Gasteiger partial charge on any atom is 0.0651 e. The molecule has 51 heavy (non-hydrogen) atoms. The monoisotopic (exact) mass is 649 g/mol. The molecule has 2 atom stereocenters. The normalized spacial score (nSPS) is 15.9. The van der Waals surface area contributed by atoms with Gasteiger partial charge in [-0.15, -0.1) is 0 Å². The summed E-state index contributed by atoms with van der Waals surface area (Å²) in [6.07, 6.45) is 2.13. The number of rotatable bonds is 2. The van der Waals surface area contributed by atoms with Gasteiger partial charge >= 0.3 is 0 Å². The Morgan fingerprint density at radius 3 is 2.08 bits per heavy atom. The highest BCUT2D eigenvalue weighted by Crippen LogP contribution is 2.51. The molecular formula is C48H31N3. The van der Waals surface area contributed by atoms with E-state index in [9.17, 15) is 0 Å². The van der Waals surface area contributed by atoms with Crippen LogP contribution in [0.4, 0.5) is 0 Å². The largest absolute Gasteiger partial charge is 0.308 e. The summed E-state index contributed by atoms with van der Waals surface area (Å²) in [5.74, 6) is 0.485. The molecule has 11 aromatic rings. The van der Waals surface area contributed by atoms with Gasteiger partial charge in [0.25, 0.3) is 0 Å². The fraction of sp³-hybridized carbons (Fsp3) is 0.0625. The van der Waals surface area contributed by atoms with Crippen LogP contribution in [-0.2, 0) is 0 Å². The molecule has 12 rings (SSSR count). The van der Waals surface area contributed by atoms with Gasteiger partial charge in [0.15, 0.2) is 0 Å². The van der Waals surface area contributed by atoms with Gasteiger partial charge in [0, 0.05) is 43.8 Å². The first kappa shape index (κ1) is 27.4. The molecule has 7 aromatic carbocycles. The summed E-state index contributed by atoms with van der Waals surface area (Å²) in [5, 5.41) is 10.3. The van der Waals surface area contributed by atoms with Crippen LogP contribution in [0, 0.1) is 0 Å². The average Bonchev–Trinajstić information content (AvgIpc) is 3.83. The Morgan fingerprint density at radius 1 is 0.510 bits per heavy atom. The maximum absolute atomic E-state index is 5.42. The highest BCUT2D eigenvalue weighted by molar-refractivity contribution is 6.38. The second kappa shape index (κ2) is 9.83. The fourth-order valence-corrected chi connectivity index (χ4v) is 9.76. The molecule has 0 radical (unpaired) electrons. The Labute approximate surface area is 294 Å². The topological polar surface area (TPSA) is 22.2 Å². The number of hydrogen-bond acceptors (Lipinski definition) is 1. The molecule has 0 saturated carbocycles. The molecule has 4 aromatic heterocycles. The molecule has 0 saturated heterocycles. The summed E-state index contributed by atoms with van der Waals surface area (Å²) >= 11 is 0. The van der Waals surface area contributed by atoms with E-state index in [2.05, 4.69) is 174 Å². The van der Waals surface area contributed by atoms with Crippen LogP contribution >= 0.6 is 0 Å². The van der Waals surface area contributed by atoms with E-state index < -0.39 is 0 Å². The lowest BCUT2D eigenvalue weighted by Crippen LogP contribution is -2.18. The molecule has 0 bridgehead atoms. The minimum Gasteiger partial charge on any atom is -0.308 e. The molecule has 0 aliphatic heterocycles. The highest BCUT2D eigenvalue weighted by atomic mass is 15.0. The fourth-order valence-electron chi connectivity index (χ4n) is 9.76. The number of hydrogen-bond donors (Lipinski definition) is 0. The molecule has 3 nitrogen and oxygen atoms in total. The summed E-state index contributed by atoms with van der Waals surface area (Å²) < 4.78 is 4.98. The predicted molar refractivity (Wildman–Crippen MR) is 213 cm³/mol. The third-order valence-electron chi connectivity index (χ3n) is 11.8. The summed E-state index contributed by atoms with van der Waals surface area (Å²) in [4.78, 5) is 5.42. The van der Waals surface area contributed by atoms with Crippen LogP contribution in [0.3, 0.4) is 0 Å². The van der Waals surface area contributed by atoms with E-state index in [1.807, 2.05) is 0 Å². The molecule has 238 valence electrons. The van der Waals surface area contributed by atoms with Crippen molar-refractivity contribution in [3.8, 4) is 16.8 Å². The molecule has 0 amide bonds. The second-order valence-electron chi connectivity index (χ2n) is 14.3. The average molecular weight is 650 g/mol. The van der Waals surface area contributed by atoms with Crippen LogP contribution in [-0.4, -0.2) is 14.0 Å². The first-order valence-corrected chi connectivity index (χ1v) is 17.9. The van der Waals surface area contributed by atoms with E-state index in [0.717, 1.165) is 11.4 Å². The predicted octanol–water partition coefficient (Wildman–Crippen LogP) is 12.4. The van der Waals surface area contributed by atoms with Gasteiger partial charge in [0.1, 0.15) is 0 Å². The molecule has 0 spiro atoms. The van der Waals surface area contributed by atoms with Crippen molar-refractivity contribution in [2.45, 2.75) is 18.8 Å². The van der Waals surface area contributed by atoms with Crippen molar-refractivity contribution in [2.75, 3.05) is 0 Å². The van der Waals surface area contributed by atoms with Crippen LogP contribution in [0.2, 0.25) is 0 Å². The molecule has 0 fully saturated rings. The van der Waals surface area contributed by atoms with E-state index in [1.54, 1.807) is 0 Å². The van der Waals surface area contributed by atoms with Crippen molar-refractivity contribution in [3.05, 3.63) is 175 Å². The third kappa shape index (κ3) is 3.45. The summed E-state index contributed by atoms with van der Waals surface area (Å²) in [6, 6.07) is 56.0. The van der Waals surface area contributed by atoms with E-state index in [1.165, 1.54) is 92.9 Å². The summed E-state index contributed by atoms with van der Waals surface area (Å²) in [7, 11) is 0. The van der Waals surface area contributed by atoms with Crippen LogP contribution in [0.1, 0.15) is 35.6 Å². The van der Waals surface area contributed by atoms with Gasteiger partial charge in [-0.25, -0.2) is 0 Å². The maximum atomic E-state index is 5.42. The molecule has 1 aliphatic carbocycles. The van der Waals surface area contributed by atoms with E-state index in [4.69, 9.17) is 4.98 Å². The Morgan fingerprint density at radius 2 is 1.22 bits per heavy atom. The zero-order valence-corrected chi connectivity index (χ0v) is 28.0. The van der Waals surface area contributed by atoms with Crippen LogP contribution < -0.4 is 0 Å². The van der Waals surface area contributed by atoms with Gasteiger partial charge in [-0.2, -0.15) is 0 Å². The van der Waals surface area contributed by atoms with Crippen LogP contribution in [0.25, 0.3) is 87.5 Å². The minimum absolute atomic E-state index is 0.176. The number of fused-ring (bicyclic) bond motifs is 15. The number of nitrogens with zero attached hydrogens (tertiary/aromatic N) is 3. The molecular weight excluding hydrogens is 619 g/mol. The molecule has 3 heteroatoms. The first-order valence-electron chi connectivity index (χ1n) is 17.9. The SMILES string of the molecule is CC1c2ccccc2-c2cc(-n3c4ccc5ccccc5c4c4c5c6ccccc6n6c7ccccc7c(cc43)c56)cnc2C1c1ccccc1. The Balaban J connectivity index is 1.27. The zero-order chi connectivity index (χ0) is 33.4. The Bertz CT molecular complexity index is 3220. The van der Waals surface area contributed by atoms with Crippen molar-refractivity contribution in [2.24, 2.45) is 0 Å². The second-order valence-corrected chi connectivity index (χ2v) is 14.3. The molecule has 4 heterocycles. The Hall–Kier alpha value is -6.45. The first-order chi connectivity index (χ1) is 25.3. The summed E-state index contributed by atoms with van der Waals surface area (Å²) in [6.45, 7) is 2.36. The van der Waals surface area contributed by atoms with Gasteiger partial charge in [-0.3, -0.25) is 4.98 Å². The van der Waals surface area contributed by atoms with Gasteiger partial charge in [-0.05, 0) is 63.7 Å². The standard InChI is InChI=1S/C48H31N3/c1-28-32-16-7-8-18-34(32)37-25-31(27-49-47(37)43(28)30-14-3-2-4-15-30)50-41-24-23-29-13-5-6-17-33(29)44(41)46-42(50)26-38-35-19-9-11-21-39(35)51-40-22-12-10-20-36(40)45(46)48(38)51/h2-28,43H,1H3. The van der Waals surface area contributed by atoms with Gasteiger partial charge in [0.05, 0.1) is 45.2 Å². The van der Waals surface area contributed by atoms with Crippen LogP contribution in [0.5, 0.6) is 0 Å². The lowest BCUT2D eigenvalue weighted by atomic mass is 9.72. The quantitative estimate of drug-likeness (QED) is 0.183. The number of aromatic nitrogens is 3. The van der Waals surface area contributed by atoms with E-state index in [0.29, 0.717) is 5.92 Å².